The maximum atomic E-state index is 12.5. The minimum atomic E-state index is -1.31. The van der Waals surface area contributed by atoms with Crippen LogP contribution in [0.4, 0.5) is 4.79 Å². The van der Waals surface area contributed by atoms with Gasteiger partial charge < -0.3 is 19.5 Å². The number of rotatable bonds is 4. The molecular weight excluding hydrogens is 332 g/mol. The molecule has 1 aliphatic heterocycles. The number of ether oxygens (including phenoxy) is 3. The van der Waals surface area contributed by atoms with Gasteiger partial charge in [-0.05, 0) is 41.5 Å². The third-order valence-corrected chi connectivity index (χ3v) is 3.28. The van der Waals surface area contributed by atoms with E-state index in [-0.39, 0.29) is 6.42 Å². The summed E-state index contributed by atoms with van der Waals surface area (Å²) >= 11 is 0. The molecule has 1 fully saturated rings. The largest absolute Gasteiger partial charge is 0.458 e. The maximum Gasteiger partial charge on any atom is 0.408 e. The van der Waals surface area contributed by atoms with Gasteiger partial charge in [-0.1, -0.05) is 0 Å². The summed E-state index contributed by atoms with van der Waals surface area (Å²) in [5.41, 5.74) is -1.59. The topological polar surface area (TPSA) is 114 Å². The van der Waals surface area contributed by atoms with Crippen LogP contribution in [0.5, 0.6) is 0 Å². The summed E-state index contributed by atoms with van der Waals surface area (Å²) in [6.45, 7) is 10.0. The van der Waals surface area contributed by atoms with E-state index in [1.54, 1.807) is 41.5 Å². The van der Waals surface area contributed by atoms with Crippen LogP contribution in [0, 0.1) is 5.92 Å². The first kappa shape index (κ1) is 21.2. The number of nitrogens with zero attached hydrogens (tertiary/aromatic N) is 1. The Balaban J connectivity index is 3.01. The Morgan fingerprint density at radius 3 is 2.08 bits per heavy atom. The van der Waals surface area contributed by atoms with Crippen LogP contribution in [0.1, 0.15) is 48.0 Å². The summed E-state index contributed by atoms with van der Waals surface area (Å²) < 4.78 is 15.4. The summed E-state index contributed by atoms with van der Waals surface area (Å²) in [6.07, 6.45) is -1.74. The number of esters is 1. The molecule has 1 aliphatic rings. The molecule has 0 spiro atoms. The zero-order valence-electron chi connectivity index (χ0n) is 15.8. The van der Waals surface area contributed by atoms with Gasteiger partial charge in [0.15, 0.2) is 6.23 Å². The quantitative estimate of drug-likeness (QED) is 0.576. The fraction of sp³-hybridized carbons (Fsp3) is 0.812. The molecule has 1 saturated heterocycles. The van der Waals surface area contributed by atoms with E-state index in [9.17, 15) is 19.6 Å². The zero-order chi connectivity index (χ0) is 19.6. The number of carbonyl (C=O) groups excluding carboxylic acids is 3. The molecule has 3 atom stereocenters. The Kier molecular flexibility index (Phi) is 6.41. The molecule has 2 N–H and O–H groups in total. The molecule has 0 bridgehead atoms. The number of hydrogen-bond donors (Lipinski definition) is 2. The van der Waals surface area contributed by atoms with E-state index >= 15 is 0 Å². The highest BCUT2D eigenvalue weighted by Gasteiger charge is 2.48. The van der Waals surface area contributed by atoms with Crippen LogP contribution in [0.25, 0.3) is 0 Å². The molecule has 0 aromatic carbocycles. The van der Waals surface area contributed by atoms with E-state index in [2.05, 4.69) is 5.32 Å². The Labute approximate surface area is 147 Å². The van der Waals surface area contributed by atoms with E-state index in [1.165, 1.54) is 7.11 Å². The fourth-order valence-corrected chi connectivity index (χ4v) is 2.33. The van der Waals surface area contributed by atoms with E-state index in [4.69, 9.17) is 14.2 Å². The minimum Gasteiger partial charge on any atom is -0.458 e. The lowest BCUT2D eigenvalue weighted by Gasteiger charge is -2.28. The molecule has 2 amide bonds. The zero-order valence-corrected chi connectivity index (χ0v) is 15.8. The van der Waals surface area contributed by atoms with Gasteiger partial charge in [0.1, 0.15) is 17.2 Å². The third kappa shape index (κ3) is 6.17. The van der Waals surface area contributed by atoms with Gasteiger partial charge in [0, 0.05) is 13.5 Å². The molecule has 9 heteroatoms. The van der Waals surface area contributed by atoms with Crippen LogP contribution < -0.4 is 5.32 Å². The van der Waals surface area contributed by atoms with Crippen molar-refractivity contribution in [1.82, 2.24) is 10.4 Å². The van der Waals surface area contributed by atoms with Crippen LogP contribution in [-0.2, 0) is 23.8 Å². The van der Waals surface area contributed by atoms with E-state index in [1.807, 2.05) is 0 Å². The van der Waals surface area contributed by atoms with Crippen LogP contribution in [0.15, 0.2) is 0 Å². The Morgan fingerprint density at radius 2 is 1.68 bits per heavy atom. The predicted molar refractivity (Wildman–Crippen MR) is 86.5 cm³/mol. The van der Waals surface area contributed by atoms with Crippen molar-refractivity contribution >= 4 is 18.0 Å². The average molecular weight is 360 g/mol. The molecule has 9 nitrogen and oxygen atoms in total. The first-order valence-corrected chi connectivity index (χ1v) is 8.02. The first-order valence-electron chi connectivity index (χ1n) is 8.02. The van der Waals surface area contributed by atoms with Crippen molar-refractivity contribution in [1.29, 1.82) is 0 Å². The lowest BCUT2D eigenvalue weighted by atomic mass is 9.97. The van der Waals surface area contributed by atoms with Gasteiger partial charge in [-0.2, -0.15) is 5.06 Å². The number of hydroxylamine groups is 2. The predicted octanol–water partition coefficient (Wildman–Crippen LogP) is 1.43. The van der Waals surface area contributed by atoms with Crippen molar-refractivity contribution in [2.75, 3.05) is 7.11 Å². The number of carbonyl (C=O) groups is 3. The van der Waals surface area contributed by atoms with Gasteiger partial charge in [-0.25, -0.2) is 9.59 Å². The molecule has 0 saturated carbocycles. The Hall–Kier alpha value is -1.87. The maximum absolute atomic E-state index is 12.5. The fourth-order valence-electron chi connectivity index (χ4n) is 2.33. The molecule has 0 aliphatic carbocycles. The van der Waals surface area contributed by atoms with Gasteiger partial charge >= 0.3 is 12.1 Å². The average Bonchev–Trinajstić information content (AvgIpc) is 2.68. The normalized spacial score (nSPS) is 22.6. The van der Waals surface area contributed by atoms with Crippen LogP contribution in [0.2, 0.25) is 0 Å². The highest BCUT2D eigenvalue weighted by Crippen LogP contribution is 2.28. The summed E-state index contributed by atoms with van der Waals surface area (Å²) in [5.74, 6) is -2.56. The van der Waals surface area contributed by atoms with Crippen molar-refractivity contribution in [3.63, 3.8) is 0 Å². The van der Waals surface area contributed by atoms with Crippen LogP contribution in [0.3, 0.4) is 0 Å². The standard InChI is InChI=1S/C16H28N2O7/c1-15(2,3)24-13(20)11(17-14(21)25-16(4,5)6)9-8-10(23-7)18(22)12(9)19/h9-11,22H,8H2,1-7H3,(H,17,21)/t9-,10+,11+/m1/s1. The lowest BCUT2D eigenvalue weighted by molar-refractivity contribution is -0.197. The first-order chi connectivity index (χ1) is 11.2. The number of amides is 2. The highest BCUT2D eigenvalue weighted by molar-refractivity contribution is 5.90. The second kappa shape index (κ2) is 7.57. The van der Waals surface area contributed by atoms with Crippen molar-refractivity contribution in [3.05, 3.63) is 0 Å². The Morgan fingerprint density at radius 1 is 1.16 bits per heavy atom. The summed E-state index contributed by atoms with van der Waals surface area (Å²) in [5, 5.41) is 12.6. The van der Waals surface area contributed by atoms with Gasteiger partial charge in [0.05, 0.1) is 5.92 Å². The molecule has 25 heavy (non-hydrogen) atoms. The number of methoxy groups -OCH3 is 1. The second-order valence-corrected chi connectivity index (χ2v) is 7.87. The molecule has 1 heterocycles. The Bertz CT molecular complexity index is 522. The SMILES string of the molecule is CO[C@H]1C[C@H]([C@H](NC(=O)OC(C)(C)C)C(=O)OC(C)(C)C)C(=O)N1O. The van der Waals surface area contributed by atoms with E-state index < -0.39 is 47.4 Å². The summed E-state index contributed by atoms with van der Waals surface area (Å²) in [6, 6.07) is -1.31. The lowest BCUT2D eigenvalue weighted by Crippen LogP contribution is -2.51. The van der Waals surface area contributed by atoms with Gasteiger partial charge in [-0.15, -0.1) is 0 Å². The summed E-state index contributed by atoms with van der Waals surface area (Å²) in [4.78, 5) is 36.8. The molecule has 0 unspecified atom stereocenters. The van der Waals surface area contributed by atoms with Gasteiger partial charge in [0.25, 0.3) is 5.91 Å². The molecule has 0 aromatic heterocycles. The summed E-state index contributed by atoms with van der Waals surface area (Å²) in [7, 11) is 1.33. The van der Waals surface area contributed by atoms with E-state index in [0.29, 0.717) is 5.06 Å². The minimum absolute atomic E-state index is 0.0194. The van der Waals surface area contributed by atoms with Crippen LogP contribution in [-0.4, -0.2) is 58.8 Å². The number of nitrogens with one attached hydrogen (secondary N) is 1. The van der Waals surface area contributed by atoms with Crippen molar-refractivity contribution in [2.45, 2.75) is 71.4 Å². The van der Waals surface area contributed by atoms with Crippen molar-refractivity contribution in [3.8, 4) is 0 Å². The smallest absolute Gasteiger partial charge is 0.408 e. The van der Waals surface area contributed by atoms with Crippen molar-refractivity contribution < 1.29 is 33.8 Å². The molecule has 144 valence electrons. The monoisotopic (exact) mass is 360 g/mol. The molecule has 1 rings (SSSR count). The number of alkyl carbamates (subject to hydrolysis) is 1. The molecule has 0 aromatic rings. The number of hydrogen-bond acceptors (Lipinski definition) is 7. The second-order valence-electron chi connectivity index (χ2n) is 7.87. The van der Waals surface area contributed by atoms with Crippen molar-refractivity contribution in [2.24, 2.45) is 5.92 Å². The van der Waals surface area contributed by atoms with Gasteiger partial charge in [0.2, 0.25) is 0 Å². The molecular formula is C16H28N2O7. The van der Waals surface area contributed by atoms with Gasteiger partial charge in [-0.3, -0.25) is 10.0 Å². The third-order valence-electron chi connectivity index (χ3n) is 3.28. The molecule has 0 radical (unpaired) electrons. The van der Waals surface area contributed by atoms with Crippen LogP contribution >= 0.6 is 0 Å². The highest BCUT2D eigenvalue weighted by atomic mass is 16.6. The van der Waals surface area contributed by atoms with E-state index in [0.717, 1.165) is 0 Å².